The molecule has 0 spiro atoms. The second kappa shape index (κ2) is 13.0. The molecule has 7 nitrogen and oxygen atoms in total. The Morgan fingerprint density at radius 1 is 0.881 bits per heavy atom. The Kier molecular flexibility index (Phi) is 8.94. The third-order valence-electron chi connectivity index (χ3n) is 6.29. The molecule has 0 bridgehead atoms. The molecule has 0 radical (unpaired) electrons. The Bertz CT molecular complexity index is 1660. The number of imide groups is 1. The maximum atomic E-state index is 13.3. The normalized spacial score (nSPS) is 15.0. The molecule has 4 aromatic rings. The topological polar surface area (TPSA) is 95.6 Å². The van der Waals surface area contributed by atoms with Crippen LogP contribution in [0.3, 0.4) is 0 Å². The number of anilines is 2. The summed E-state index contributed by atoms with van der Waals surface area (Å²) in [4.78, 5) is 53.4. The SMILES string of the molecule is O=C(Nc1ccc(SC2CC(=O)N(c3ccc(F)cc3)C2=O)cc1)/C(=C/c1ccc(Br)cc1)NC(=O)c1ccccc1. The minimum absolute atomic E-state index is 0.0185. The molecule has 1 aliphatic heterocycles. The van der Waals surface area contributed by atoms with E-state index in [0.29, 0.717) is 22.5 Å². The Morgan fingerprint density at radius 2 is 1.55 bits per heavy atom. The summed E-state index contributed by atoms with van der Waals surface area (Å²) in [6.45, 7) is 0. The van der Waals surface area contributed by atoms with E-state index in [4.69, 9.17) is 0 Å². The van der Waals surface area contributed by atoms with Gasteiger partial charge in [0.05, 0.1) is 10.9 Å². The molecule has 4 aromatic carbocycles. The van der Waals surface area contributed by atoms with Crippen LogP contribution in [0.5, 0.6) is 0 Å². The molecule has 1 atom stereocenters. The van der Waals surface area contributed by atoms with Gasteiger partial charge in [0, 0.05) is 27.0 Å². The molecular weight excluding hydrogens is 621 g/mol. The first-order chi connectivity index (χ1) is 20.3. The number of halogens is 2. The molecule has 2 N–H and O–H groups in total. The highest BCUT2D eigenvalue weighted by atomic mass is 79.9. The molecular formula is C32H23BrFN3O4S. The molecule has 4 amide bonds. The first kappa shape index (κ1) is 29.0. The molecule has 1 unspecified atom stereocenters. The van der Waals surface area contributed by atoms with Crippen molar-refractivity contribution in [3.63, 3.8) is 0 Å². The number of hydrogen-bond acceptors (Lipinski definition) is 5. The molecule has 0 saturated carbocycles. The van der Waals surface area contributed by atoms with Gasteiger partial charge in [-0.25, -0.2) is 9.29 Å². The molecule has 5 rings (SSSR count). The third-order valence-corrected chi connectivity index (χ3v) is 8.02. The minimum atomic E-state index is -0.628. The van der Waals surface area contributed by atoms with Gasteiger partial charge in [0.25, 0.3) is 11.8 Å². The van der Waals surface area contributed by atoms with Crippen molar-refractivity contribution in [1.82, 2.24) is 5.32 Å². The van der Waals surface area contributed by atoms with Gasteiger partial charge < -0.3 is 10.6 Å². The fraction of sp³-hybridized carbons (Fsp3) is 0.0625. The van der Waals surface area contributed by atoms with Crippen molar-refractivity contribution in [2.45, 2.75) is 16.6 Å². The summed E-state index contributed by atoms with van der Waals surface area (Å²) in [6, 6.07) is 27.9. The first-order valence-electron chi connectivity index (χ1n) is 12.8. The fourth-order valence-electron chi connectivity index (χ4n) is 4.21. The van der Waals surface area contributed by atoms with Crippen molar-refractivity contribution in [2.75, 3.05) is 10.2 Å². The predicted octanol–water partition coefficient (Wildman–Crippen LogP) is 6.42. The number of rotatable bonds is 8. The number of benzene rings is 4. The van der Waals surface area contributed by atoms with Crippen molar-refractivity contribution in [1.29, 1.82) is 0 Å². The van der Waals surface area contributed by atoms with Gasteiger partial charge in [0.15, 0.2) is 0 Å². The molecule has 42 heavy (non-hydrogen) atoms. The average Bonchev–Trinajstić information content (AvgIpc) is 3.27. The van der Waals surface area contributed by atoms with Gasteiger partial charge in [-0.3, -0.25) is 19.2 Å². The smallest absolute Gasteiger partial charge is 0.272 e. The van der Waals surface area contributed by atoms with E-state index < -0.39 is 22.9 Å². The second-order valence-electron chi connectivity index (χ2n) is 9.26. The first-order valence-corrected chi connectivity index (χ1v) is 14.5. The van der Waals surface area contributed by atoms with E-state index in [0.717, 1.165) is 14.3 Å². The third kappa shape index (κ3) is 7.02. The number of hydrogen-bond donors (Lipinski definition) is 2. The Morgan fingerprint density at radius 3 is 2.21 bits per heavy atom. The summed E-state index contributed by atoms with van der Waals surface area (Å²) in [6.07, 6.45) is 1.60. The van der Waals surface area contributed by atoms with Crippen molar-refractivity contribution in [3.05, 3.63) is 130 Å². The maximum Gasteiger partial charge on any atom is 0.272 e. The van der Waals surface area contributed by atoms with Crippen LogP contribution in [0, 0.1) is 5.82 Å². The van der Waals surface area contributed by atoms with E-state index in [1.165, 1.54) is 36.0 Å². The van der Waals surface area contributed by atoms with Crippen LogP contribution in [0.25, 0.3) is 6.08 Å². The van der Waals surface area contributed by atoms with Gasteiger partial charge in [0.1, 0.15) is 11.5 Å². The van der Waals surface area contributed by atoms with Crippen LogP contribution in [0.15, 0.2) is 118 Å². The lowest BCUT2D eigenvalue weighted by atomic mass is 10.1. The Labute approximate surface area is 253 Å². The molecule has 1 fully saturated rings. The lowest BCUT2D eigenvalue weighted by Crippen LogP contribution is -2.31. The van der Waals surface area contributed by atoms with Crippen LogP contribution in [-0.2, 0) is 14.4 Å². The van der Waals surface area contributed by atoms with Crippen LogP contribution < -0.4 is 15.5 Å². The van der Waals surface area contributed by atoms with Gasteiger partial charge in [0.2, 0.25) is 11.8 Å². The Balaban J connectivity index is 1.27. The largest absolute Gasteiger partial charge is 0.321 e. The van der Waals surface area contributed by atoms with E-state index in [1.54, 1.807) is 60.7 Å². The quantitative estimate of drug-likeness (QED) is 0.171. The molecule has 10 heteroatoms. The van der Waals surface area contributed by atoms with E-state index >= 15 is 0 Å². The van der Waals surface area contributed by atoms with Crippen molar-refractivity contribution < 1.29 is 23.6 Å². The molecule has 1 saturated heterocycles. The van der Waals surface area contributed by atoms with Crippen LogP contribution in [0.4, 0.5) is 15.8 Å². The van der Waals surface area contributed by atoms with E-state index in [9.17, 15) is 23.6 Å². The second-order valence-corrected chi connectivity index (χ2v) is 11.5. The highest BCUT2D eigenvalue weighted by molar-refractivity contribution is 9.10. The summed E-state index contributed by atoms with van der Waals surface area (Å²) in [5.41, 5.74) is 1.99. The van der Waals surface area contributed by atoms with Crippen molar-refractivity contribution >= 4 is 68.8 Å². The van der Waals surface area contributed by atoms with Gasteiger partial charge >= 0.3 is 0 Å². The molecule has 0 aromatic heterocycles. The summed E-state index contributed by atoms with van der Waals surface area (Å²) in [7, 11) is 0. The summed E-state index contributed by atoms with van der Waals surface area (Å²) >= 11 is 4.63. The highest BCUT2D eigenvalue weighted by Crippen LogP contribution is 2.34. The zero-order valence-corrected chi connectivity index (χ0v) is 24.3. The maximum absolute atomic E-state index is 13.3. The minimum Gasteiger partial charge on any atom is -0.321 e. The van der Waals surface area contributed by atoms with Crippen molar-refractivity contribution in [2.24, 2.45) is 0 Å². The number of nitrogens with one attached hydrogen (secondary N) is 2. The summed E-state index contributed by atoms with van der Waals surface area (Å²) in [5, 5.41) is 4.88. The average molecular weight is 645 g/mol. The number of thioether (sulfide) groups is 1. The molecule has 210 valence electrons. The number of amides is 4. The predicted molar refractivity (Wildman–Crippen MR) is 164 cm³/mol. The summed E-state index contributed by atoms with van der Waals surface area (Å²) in [5.74, 6) is -2.12. The van der Waals surface area contributed by atoms with Crippen LogP contribution in [-0.4, -0.2) is 28.9 Å². The van der Waals surface area contributed by atoms with Crippen LogP contribution in [0.2, 0.25) is 0 Å². The lowest BCUT2D eigenvalue weighted by Gasteiger charge is -2.15. The zero-order chi connectivity index (χ0) is 29.6. The number of nitrogens with zero attached hydrogens (tertiary/aromatic N) is 1. The van der Waals surface area contributed by atoms with E-state index in [2.05, 4.69) is 26.6 Å². The number of carbonyl (C=O) groups excluding carboxylic acids is 4. The van der Waals surface area contributed by atoms with Gasteiger partial charge in [-0.15, -0.1) is 11.8 Å². The van der Waals surface area contributed by atoms with Crippen LogP contribution in [0.1, 0.15) is 22.3 Å². The van der Waals surface area contributed by atoms with Gasteiger partial charge in [-0.2, -0.15) is 0 Å². The Hall–Kier alpha value is -4.54. The van der Waals surface area contributed by atoms with Gasteiger partial charge in [-0.05, 0) is 84.4 Å². The fourth-order valence-corrected chi connectivity index (χ4v) is 5.52. The highest BCUT2D eigenvalue weighted by Gasteiger charge is 2.40. The standard InChI is InChI=1S/C32H23BrFN3O4S/c33-22-8-6-20(7-9-22)18-27(36-30(39)21-4-2-1-3-5-21)31(40)35-24-12-16-26(17-13-24)42-28-19-29(38)37(32(28)41)25-14-10-23(34)11-15-25/h1-18,28H,19H2,(H,35,40)(H,36,39)/b27-18-. The molecule has 0 aliphatic carbocycles. The monoisotopic (exact) mass is 643 g/mol. The van der Waals surface area contributed by atoms with Crippen LogP contribution >= 0.6 is 27.7 Å². The van der Waals surface area contributed by atoms with Gasteiger partial charge in [-0.1, -0.05) is 46.3 Å². The van der Waals surface area contributed by atoms with E-state index in [1.807, 2.05) is 24.3 Å². The number of carbonyl (C=O) groups is 4. The van der Waals surface area contributed by atoms with E-state index in [-0.39, 0.29) is 23.9 Å². The lowest BCUT2D eigenvalue weighted by molar-refractivity contribution is -0.121. The molecule has 1 heterocycles. The summed E-state index contributed by atoms with van der Waals surface area (Å²) < 4.78 is 14.2. The molecule has 1 aliphatic rings. The van der Waals surface area contributed by atoms with Crippen molar-refractivity contribution in [3.8, 4) is 0 Å². The zero-order valence-electron chi connectivity index (χ0n) is 21.9.